The minimum atomic E-state index is -0.0197. The van der Waals surface area contributed by atoms with E-state index in [0.717, 1.165) is 33.4 Å². The Balaban J connectivity index is 1.91. The van der Waals surface area contributed by atoms with Crippen LogP contribution in [-0.4, -0.2) is 0 Å². The summed E-state index contributed by atoms with van der Waals surface area (Å²) >= 11 is 0. The van der Waals surface area contributed by atoms with Gasteiger partial charge in [0.1, 0.15) is 0 Å². The summed E-state index contributed by atoms with van der Waals surface area (Å²) in [5.74, 6) is -0.0394. The number of hydrogen-bond donors (Lipinski definition) is 6. The zero-order valence-electron chi connectivity index (χ0n) is 14.1. The van der Waals surface area contributed by atoms with Gasteiger partial charge in [0, 0.05) is 11.8 Å². The molecule has 3 aliphatic carbocycles. The molecule has 0 aliphatic heterocycles. The highest BCUT2D eigenvalue weighted by molar-refractivity contribution is 5.81. The molecule has 2 bridgehead atoms. The molecule has 0 atom stereocenters. The lowest BCUT2D eigenvalue weighted by molar-refractivity contribution is 0.757. The van der Waals surface area contributed by atoms with Crippen molar-refractivity contribution in [2.75, 3.05) is 34.4 Å². The number of benzene rings is 3. The van der Waals surface area contributed by atoms with Gasteiger partial charge in [-0.15, -0.1) is 0 Å². The number of rotatable bonds is 0. The number of anilines is 6. The first-order valence-corrected chi connectivity index (χ1v) is 8.43. The molecule has 12 N–H and O–H groups in total. The van der Waals surface area contributed by atoms with Gasteiger partial charge in [-0.05, 0) is 69.8 Å². The van der Waals surface area contributed by atoms with Crippen molar-refractivity contribution < 1.29 is 0 Å². The second-order valence-electron chi connectivity index (χ2n) is 7.20. The summed E-state index contributed by atoms with van der Waals surface area (Å²) in [6.45, 7) is 0. The van der Waals surface area contributed by atoms with Gasteiger partial charge in [-0.1, -0.05) is 0 Å². The second kappa shape index (κ2) is 4.54. The Morgan fingerprint density at radius 2 is 0.500 bits per heavy atom. The third-order valence-corrected chi connectivity index (χ3v) is 5.73. The molecular weight excluding hydrogens is 324 g/mol. The lowest BCUT2D eigenvalue weighted by atomic mass is 9.60. The monoisotopic (exact) mass is 344 g/mol. The number of nitrogens with two attached hydrogens (primary N) is 6. The molecule has 0 fully saturated rings. The van der Waals surface area contributed by atoms with Gasteiger partial charge in [0.25, 0.3) is 0 Å². The standard InChI is InChI=1S/C20H20N6/c21-13-1-7-8(2-14(13)22)20-11-5-17(25)15(23)3-9(11)19(7)10-4-16(24)18(26)6-12(10)20/h1-6,19-20H,21-26H2. The van der Waals surface area contributed by atoms with Crippen LogP contribution in [0.15, 0.2) is 36.4 Å². The topological polar surface area (TPSA) is 156 Å². The van der Waals surface area contributed by atoms with E-state index >= 15 is 0 Å². The van der Waals surface area contributed by atoms with E-state index < -0.39 is 0 Å². The summed E-state index contributed by atoms with van der Waals surface area (Å²) in [7, 11) is 0. The van der Waals surface area contributed by atoms with Crippen molar-refractivity contribution in [2.45, 2.75) is 11.8 Å². The molecule has 6 nitrogen and oxygen atoms in total. The van der Waals surface area contributed by atoms with Crippen LogP contribution in [0.25, 0.3) is 0 Å². The van der Waals surface area contributed by atoms with Crippen molar-refractivity contribution in [3.63, 3.8) is 0 Å². The van der Waals surface area contributed by atoms with E-state index in [0.29, 0.717) is 34.1 Å². The molecule has 0 unspecified atom stereocenters. The lowest BCUT2D eigenvalue weighted by Gasteiger charge is -2.43. The Morgan fingerprint density at radius 3 is 0.654 bits per heavy atom. The molecule has 6 rings (SSSR count). The van der Waals surface area contributed by atoms with Gasteiger partial charge in [0.2, 0.25) is 0 Å². The molecule has 0 saturated carbocycles. The molecule has 3 aromatic rings. The van der Waals surface area contributed by atoms with Crippen molar-refractivity contribution in [2.24, 2.45) is 0 Å². The smallest absolute Gasteiger partial charge is 0.0551 e. The first-order chi connectivity index (χ1) is 12.4. The molecule has 0 radical (unpaired) electrons. The maximum absolute atomic E-state index is 6.11. The van der Waals surface area contributed by atoms with Gasteiger partial charge in [0.05, 0.1) is 34.1 Å². The fourth-order valence-electron chi connectivity index (χ4n) is 4.51. The minimum absolute atomic E-state index is 0.0197. The molecule has 0 saturated heterocycles. The lowest BCUT2D eigenvalue weighted by Crippen LogP contribution is -2.28. The molecule has 130 valence electrons. The van der Waals surface area contributed by atoms with Crippen LogP contribution in [-0.2, 0) is 0 Å². The summed E-state index contributed by atoms with van der Waals surface area (Å²) in [4.78, 5) is 0. The van der Waals surface area contributed by atoms with Crippen LogP contribution in [0, 0.1) is 0 Å². The first-order valence-electron chi connectivity index (χ1n) is 8.43. The average molecular weight is 344 g/mol. The predicted molar refractivity (Wildman–Crippen MR) is 108 cm³/mol. The van der Waals surface area contributed by atoms with E-state index in [9.17, 15) is 0 Å². The van der Waals surface area contributed by atoms with E-state index in [1.807, 2.05) is 36.4 Å². The summed E-state index contributed by atoms with van der Waals surface area (Å²) in [6.07, 6.45) is 0. The van der Waals surface area contributed by atoms with Crippen LogP contribution < -0.4 is 34.4 Å². The molecule has 6 heteroatoms. The van der Waals surface area contributed by atoms with E-state index in [1.54, 1.807) is 0 Å². The van der Waals surface area contributed by atoms with Crippen LogP contribution >= 0.6 is 0 Å². The minimum Gasteiger partial charge on any atom is -0.397 e. The number of hydrogen-bond acceptors (Lipinski definition) is 6. The fraction of sp³-hybridized carbons (Fsp3) is 0.100. The molecule has 0 heterocycles. The maximum Gasteiger partial charge on any atom is 0.0551 e. The third kappa shape index (κ3) is 1.65. The largest absolute Gasteiger partial charge is 0.397 e. The van der Waals surface area contributed by atoms with Crippen molar-refractivity contribution in [3.8, 4) is 0 Å². The molecule has 3 aromatic carbocycles. The Morgan fingerprint density at radius 1 is 0.346 bits per heavy atom. The predicted octanol–water partition coefficient (Wildman–Crippen LogP) is 2.17. The second-order valence-corrected chi connectivity index (χ2v) is 7.20. The average Bonchev–Trinajstić information content (AvgIpc) is 2.58. The van der Waals surface area contributed by atoms with Crippen LogP contribution in [0.3, 0.4) is 0 Å². The Labute approximate surface area is 150 Å². The van der Waals surface area contributed by atoms with Crippen molar-refractivity contribution >= 4 is 34.1 Å². The molecule has 26 heavy (non-hydrogen) atoms. The van der Waals surface area contributed by atoms with E-state index in [-0.39, 0.29) is 11.8 Å². The van der Waals surface area contributed by atoms with E-state index in [2.05, 4.69) is 0 Å². The summed E-state index contributed by atoms with van der Waals surface area (Å²) in [5.41, 5.74) is 46.9. The maximum atomic E-state index is 6.11. The Hall–Kier alpha value is -3.54. The van der Waals surface area contributed by atoms with Gasteiger partial charge >= 0.3 is 0 Å². The van der Waals surface area contributed by atoms with Crippen LogP contribution in [0.4, 0.5) is 34.1 Å². The molecule has 0 aromatic heterocycles. The zero-order valence-corrected chi connectivity index (χ0v) is 14.1. The molecule has 0 spiro atoms. The highest BCUT2D eigenvalue weighted by Crippen LogP contribution is 2.58. The van der Waals surface area contributed by atoms with Gasteiger partial charge in [-0.25, -0.2) is 0 Å². The van der Waals surface area contributed by atoms with E-state index in [4.69, 9.17) is 34.4 Å². The summed E-state index contributed by atoms with van der Waals surface area (Å²) in [6, 6.07) is 11.8. The van der Waals surface area contributed by atoms with Crippen molar-refractivity contribution in [1.29, 1.82) is 0 Å². The quantitative estimate of drug-likeness (QED) is 0.236. The van der Waals surface area contributed by atoms with Crippen LogP contribution in [0.1, 0.15) is 45.2 Å². The first kappa shape index (κ1) is 14.8. The fourth-order valence-corrected chi connectivity index (χ4v) is 4.51. The third-order valence-electron chi connectivity index (χ3n) is 5.73. The summed E-state index contributed by atoms with van der Waals surface area (Å²) in [5, 5.41) is 0. The zero-order chi connectivity index (χ0) is 18.3. The van der Waals surface area contributed by atoms with E-state index in [1.165, 1.54) is 0 Å². The van der Waals surface area contributed by atoms with Crippen molar-refractivity contribution in [1.82, 2.24) is 0 Å². The van der Waals surface area contributed by atoms with Crippen LogP contribution in [0.5, 0.6) is 0 Å². The molecule has 0 amide bonds. The molecular formula is C20H20N6. The molecule has 3 aliphatic rings. The highest BCUT2D eigenvalue weighted by Gasteiger charge is 2.42. The van der Waals surface area contributed by atoms with Gasteiger partial charge in [-0.3, -0.25) is 0 Å². The van der Waals surface area contributed by atoms with Crippen molar-refractivity contribution in [3.05, 3.63) is 69.8 Å². The normalized spacial score (nSPS) is 18.9. The Kier molecular flexibility index (Phi) is 2.58. The highest BCUT2D eigenvalue weighted by atomic mass is 14.7. The summed E-state index contributed by atoms with van der Waals surface area (Å²) < 4.78 is 0. The van der Waals surface area contributed by atoms with Gasteiger partial charge in [0.15, 0.2) is 0 Å². The van der Waals surface area contributed by atoms with Gasteiger partial charge in [-0.2, -0.15) is 0 Å². The Bertz CT molecular complexity index is 890. The SMILES string of the molecule is Nc1cc2c(cc1N)C1c3cc(N)c(N)cc3C2c2cc(N)c(N)cc21. The van der Waals surface area contributed by atoms with Gasteiger partial charge < -0.3 is 34.4 Å². The van der Waals surface area contributed by atoms with Crippen LogP contribution in [0.2, 0.25) is 0 Å². The number of nitrogen functional groups attached to an aromatic ring is 6.